The van der Waals surface area contributed by atoms with E-state index in [-0.39, 0.29) is 18.4 Å². The normalized spacial score (nSPS) is 23.8. The second-order valence-corrected chi connectivity index (χ2v) is 4.87. The van der Waals surface area contributed by atoms with Crippen molar-refractivity contribution < 1.29 is 8.78 Å². The van der Waals surface area contributed by atoms with Crippen LogP contribution in [-0.4, -0.2) is 12.0 Å². The highest BCUT2D eigenvalue weighted by atomic mass is 19.3. The molecule has 0 radical (unpaired) electrons. The first-order chi connectivity index (χ1) is 6.40. The van der Waals surface area contributed by atoms with Gasteiger partial charge in [-0.1, -0.05) is 19.8 Å². The van der Waals surface area contributed by atoms with Crippen LogP contribution in [0.1, 0.15) is 46.0 Å². The Kier molecular flexibility index (Phi) is 3.87. The predicted octanol–water partition coefficient (Wildman–Crippen LogP) is 3.19. The van der Waals surface area contributed by atoms with E-state index >= 15 is 0 Å². The van der Waals surface area contributed by atoms with E-state index in [0.717, 1.165) is 19.8 Å². The van der Waals surface area contributed by atoms with E-state index in [1.54, 1.807) is 0 Å². The molecule has 0 spiro atoms. The molecule has 0 aromatic carbocycles. The highest BCUT2D eigenvalue weighted by Gasteiger charge is 2.32. The summed E-state index contributed by atoms with van der Waals surface area (Å²) in [5, 5.41) is 0. The third-order valence-corrected chi connectivity index (χ3v) is 3.28. The summed E-state index contributed by atoms with van der Waals surface area (Å²) in [7, 11) is 0. The largest absolute Gasteiger partial charge is 0.327 e. The molecular weight excluding hydrogens is 184 g/mol. The highest BCUT2D eigenvalue weighted by molar-refractivity contribution is 4.83. The summed E-state index contributed by atoms with van der Waals surface area (Å²) in [4.78, 5) is 0. The third-order valence-electron chi connectivity index (χ3n) is 3.28. The molecule has 0 saturated heterocycles. The smallest absolute Gasteiger partial charge is 0.245 e. The van der Waals surface area contributed by atoms with E-state index in [9.17, 15) is 8.78 Å². The molecule has 14 heavy (non-hydrogen) atoms. The molecule has 0 amide bonds. The number of halogens is 2. The molecule has 1 aliphatic carbocycles. The summed E-state index contributed by atoms with van der Waals surface area (Å²) in [6.07, 6.45) is 4.60. The SMILES string of the molecule is CC(CC(C)(F)F)C(N)C1CCCC1. The maximum absolute atomic E-state index is 12.8. The number of rotatable bonds is 4. The zero-order valence-corrected chi connectivity index (χ0v) is 9.10. The van der Waals surface area contributed by atoms with Crippen molar-refractivity contribution >= 4 is 0 Å². The number of hydrogen-bond acceptors (Lipinski definition) is 1. The van der Waals surface area contributed by atoms with Crippen LogP contribution >= 0.6 is 0 Å². The molecule has 2 atom stereocenters. The van der Waals surface area contributed by atoms with Crippen LogP contribution in [0.3, 0.4) is 0 Å². The van der Waals surface area contributed by atoms with Gasteiger partial charge in [-0.3, -0.25) is 0 Å². The summed E-state index contributed by atoms with van der Waals surface area (Å²) >= 11 is 0. The Labute approximate surface area is 85.1 Å². The minimum atomic E-state index is -2.57. The van der Waals surface area contributed by atoms with Gasteiger partial charge < -0.3 is 5.73 Å². The molecule has 1 saturated carbocycles. The van der Waals surface area contributed by atoms with Crippen LogP contribution in [0.5, 0.6) is 0 Å². The van der Waals surface area contributed by atoms with Gasteiger partial charge in [0.2, 0.25) is 5.92 Å². The number of hydrogen-bond donors (Lipinski definition) is 1. The molecule has 1 nitrogen and oxygen atoms in total. The Balaban J connectivity index is 2.39. The molecular formula is C11H21F2N. The molecule has 1 fully saturated rings. The van der Waals surface area contributed by atoms with Crippen LogP contribution in [0.25, 0.3) is 0 Å². The lowest BCUT2D eigenvalue weighted by Gasteiger charge is -2.27. The van der Waals surface area contributed by atoms with Crippen LogP contribution in [0.15, 0.2) is 0 Å². The zero-order chi connectivity index (χ0) is 10.8. The van der Waals surface area contributed by atoms with E-state index in [1.807, 2.05) is 6.92 Å². The molecule has 3 heteroatoms. The molecule has 2 N–H and O–H groups in total. The average molecular weight is 205 g/mol. The van der Waals surface area contributed by atoms with Crippen molar-refractivity contribution in [2.45, 2.75) is 57.9 Å². The molecule has 2 unspecified atom stereocenters. The quantitative estimate of drug-likeness (QED) is 0.749. The van der Waals surface area contributed by atoms with Crippen molar-refractivity contribution in [1.29, 1.82) is 0 Å². The second-order valence-electron chi connectivity index (χ2n) is 4.87. The zero-order valence-electron chi connectivity index (χ0n) is 9.10. The molecule has 0 heterocycles. The van der Waals surface area contributed by atoms with Crippen molar-refractivity contribution in [2.75, 3.05) is 0 Å². The minimum absolute atomic E-state index is 0.0386. The number of nitrogens with two attached hydrogens (primary N) is 1. The van der Waals surface area contributed by atoms with E-state index in [2.05, 4.69) is 0 Å². The monoisotopic (exact) mass is 205 g/mol. The maximum atomic E-state index is 12.8. The standard InChI is InChI=1S/C11H21F2N/c1-8(7-11(2,12)13)10(14)9-5-3-4-6-9/h8-10H,3-7,14H2,1-2H3. The first-order valence-corrected chi connectivity index (χ1v) is 5.53. The lowest BCUT2D eigenvalue weighted by Crippen LogP contribution is -2.37. The minimum Gasteiger partial charge on any atom is -0.327 e. The Morgan fingerprint density at radius 3 is 2.29 bits per heavy atom. The van der Waals surface area contributed by atoms with Gasteiger partial charge in [0.1, 0.15) is 0 Å². The van der Waals surface area contributed by atoms with E-state index in [0.29, 0.717) is 5.92 Å². The van der Waals surface area contributed by atoms with Gasteiger partial charge in [0.05, 0.1) is 0 Å². The summed E-state index contributed by atoms with van der Waals surface area (Å²) in [6.45, 7) is 2.82. The first-order valence-electron chi connectivity index (χ1n) is 5.53. The average Bonchev–Trinajstić information content (AvgIpc) is 2.51. The Hall–Kier alpha value is -0.180. The molecule has 0 aromatic heterocycles. The number of alkyl halides is 2. The fraction of sp³-hybridized carbons (Fsp3) is 1.00. The summed E-state index contributed by atoms with van der Waals surface area (Å²) < 4.78 is 25.5. The lowest BCUT2D eigenvalue weighted by molar-refractivity contribution is -0.00704. The fourth-order valence-electron chi connectivity index (χ4n) is 2.51. The first kappa shape index (κ1) is 11.9. The van der Waals surface area contributed by atoms with Crippen LogP contribution in [-0.2, 0) is 0 Å². The molecule has 0 aromatic rings. The van der Waals surface area contributed by atoms with Crippen molar-refractivity contribution in [3.8, 4) is 0 Å². The van der Waals surface area contributed by atoms with Gasteiger partial charge in [-0.05, 0) is 31.6 Å². The van der Waals surface area contributed by atoms with Gasteiger partial charge in [-0.25, -0.2) is 8.78 Å². The third kappa shape index (κ3) is 3.52. The van der Waals surface area contributed by atoms with Gasteiger partial charge in [0.15, 0.2) is 0 Å². The van der Waals surface area contributed by atoms with Crippen LogP contribution < -0.4 is 5.73 Å². The van der Waals surface area contributed by atoms with Crippen LogP contribution in [0.4, 0.5) is 8.78 Å². The van der Waals surface area contributed by atoms with Crippen molar-refractivity contribution in [3.63, 3.8) is 0 Å². The van der Waals surface area contributed by atoms with E-state index in [1.165, 1.54) is 12.8 Å². The molecule has 0 bridgehead atoms. The Bertz CT molecular complexity index is 171. The van der Waals surface area contributed by atoms with Crippen molar-refractivity contribution in [2.24, 2.45) is 17.6 Å². The van der Waals surface area contributed by atoms with Crippen LogP contribution in [0.2, 0.25) is 0 Å². The summed E-state index contributed by atoms with van der Waals surface area (Å²) in [6, 6.07) is -0.0386. The molecule has 1 rings (SSSR count). The summed E-state index contributed by atoms with van der Waals surface area (Å²) in [5.74, 6) is -2.17. The van der Waals surface area contributed by atoms with Crippen molar-refractivity contribution in [3.05, 3.63) is 0 Å². The Morgan fingerprint density at radius 2 is 1.86 bits per heavy atom. The predicted molar refractivity (Wildman–Crippen MR) is 54.3 cm³/mol. The topological polar surface area (TPSA) is 26.0 Å². The molecule has 0 aliphatic heterocycles. The van der Waals surface area contributed by atoms with E-state index < -0.39 is 5.92 Å². The summed E-state index contributed by atoms with van der Waals surface area (Å²) in [5.41, 5.74) is 6.00. The lowest BCUT2D eigenvalue weighted by atomic mass is 9.85. The van der Waals surface area contributed by atoms with Gasteiger partial charge in [0, 0.05) is 12.5 Å². The van der Waals surface area contributed by atoms with Gasteiger partial charge in [0.25, 0.3) is 0 Å². The maximum Gasteiger partial charge on any atom is 0.245 e. The van der Waals surface area contributed by atoms with Crippen LogP contribution in [0, 0.1) is 11.8 Å². The molecule has 84 valence electrons. The van der Waals surface area contributed by atoms with Gasteiger partial charge >= 0.3 is 0 Å². The van der Waals surface area contributed by atoms with Gasteiger partial charge in [-0.15, -0.1) is 0 Å². The molecule has 1 aliphatic rings. The van der Waals surface area contributed by atoms with Gasteiger partial charge in [-0.2, -0.15) is 0 Å². The second kappa shape index (κ2) is 4.56. The van der Waals surface area contributed by atoms with Crippen molar-refractivity contribution in [1.82, 2.24) is 0 Å². The highest BCUT2D eigenvalue weighted by Crippen LogP contribution is 2.33. The van der Waals surface area contributed by atoms with E-state index in [4.69, 9.17) is 5.73 Å². The fourth-order valence-corrected chi connectivity index (χ4v) is 2.51. The Morgan fingerprint density at radius 1 is 1.36 bits per heavy atom.